The molecule has 1 amide bonds. The monoisotopic (exact) mass is 282 g/mol. The maximum Gasteiger partial charge on any atom is 0.410 e. The van der Waals surface area contributed by atoms with E-state index >= 15 is 0 Å². The molecule has 1 atom stereocenters. The van der Waals surface area contributed by atoms with Gasteiger partial charge in [0.2, 0.25) is 0 Å². The summed E-state index contributed by atoms with van der Waals surface area (Å²) in [5.74, 6) is -0.0823. The van der Waals surface area contributed by atoms with E-state index in [1.165, 1.54) is 12.3 Å². The van der Waals surface area contributed by atoms with Gasteiger partial charge >= 0.3 is 6.09 Å². The highest BCUT2D eigenvalue weighted by Gasteiger charge is 2.35. The fourth-order valence-corrected chi connectivity index (χ4v) is 1.84. The van der Waals surface area contributed by atoms with Crippen LogP contribution in [0.1, 0.15) is 27.2 Å². The number of halogens is 1. The second kappa shape index (κ2) is 5.64. The molecule has 0 saturated carbocycles. The fourth-order valence-electron chi connectivity index (χ4n) is 1.84. The molecular formula is C14H19FN2O3. The van der Waals surface area contributed by atoms with Crippen molar-refractivity contribution in [3.05, 3.63) is 24.3 Å². The smallest absolute Gasteiger partial charge is 0.410 e. The molecule has 0 bridgehead atoms. The molecule has 0 aliphatic carbocycles. The predicted octanol–water partition coefficient (Wildman–Crippen LogP) is 2.61. The quantitative estimate of drug-likeness (QED) is 0.855. The van der Waals surface area contributed by atoms with Gasteiger partial charge < -0.3 is 14.4 Å². The first-order valence-corrected chi connectivity index (χ1v) is 6.58. The molecule has 1 aliphatic heterocycles. The van der Waals surface area contributed by atoms with E-state index in [0.29, 0.717) is 18.9 Å². The SMILES string of the molecule is CC(C)(C)OC(=O)N1CC[C@@H]1COc1cncc(F)c1. The van der Waals surface area contributed by atoms with Gasteiger partial charge in [0, 0.05) is 12.6 Å². The van der Waals surface area contributed by atoms with Crippen molar-refractivity contribution in [2.75, 3.05) is 13.2 Å². The Hall–Kier alpha value is -1.85. The summed E-state index contributed by atoms with van der Waals surface area (Å²) >= 11 is 0. The van der Waals surface area contributed by atoms with Crippen LogP contribution in [0.5, 0.6) is 5.75 Å². The van der Waals surface area contributed by atoms with E-state index in [1.54, 1.807) is 4.90 Å². The van der Waals surface area contributed by atoms with E-state index in [-0.39, 0.29) is 12.1 Å². The standard InChI is InChI=1S/C14H19FN2O3/c1-14(2,3)20-13(18)17-5-4-11(17)9-19-12-6-10(15)7-16-8-12/h6-8,11H,4-5,9H2,1-3H3/t11-/m1/s1. The van der Waals surface area contributed by atoms with Gasteiger partial charge in [-0.05, 0) is 27.2 Å². The molecule has 1 aromatic heterocycles. The number of nitrogens with zero attached hydrogens (tertiary/aromatic N) is 2. The van der Waals surface area contributed by atoms with Crippen LogP contribution in [0.3, 0.4) is 0 Å². The van der Waals surface area contributed by atoms with Crippen molar-refractivity contribution in [2.45, 2.75) is 38.8 Å². The lowest BCUT2D eigenvalue weighted by Crippen LogP contribution is -2.55. The molecule has 0 aromatic carbocycles. The van der Waals surface area contributed by atoms with E-state index in [2.05, 4.69) is 4.98 Å². The second-order valence-electron chi connectivity index (χ2n) is 5.77. The summed E-state index contributed by atoms with van der Waals surface area (Å²) in [4.78, 5) is 17.2. The number of hydrogen-bond donors (Lipinski definition) is 0. The summed E-state index contributed by atoms with van der Waals surface area (Å²) in [5.41, 5.74) is -0.509. The highest BCUT2D eigenvalue weighted by atomic mass is 19.1. The van der Waals surface area contributed by atoms with Crippen LogP contribution in [0.25, 0.3) is 0 Å². The van der Waals surface area contributed by atoms with Crippen LogP contribution >= 0.6 is 0 Å². The molecular weight excluding hydrogens is 263 g/mol. The Morgan fingerprint density at radius 1 is 1.50 bits per heavy atom. The van der Waals surface area contributed by atoms with E-state index < -0.39 is 11.4 Å². The third-order valence-electron chi connectivity index (χ3n) is 2.89. The lowest BCUT2D eigenvalue weighted by molar-refractivity contribution is -0.0142. The predicted molar refractivity (Wildman–Crippen MR) is 71.0 cm³/mol. The van der Waals surface area contributed by atoms with Gasteiger partial charge in [-0.2, -0.15) is 0 Å². The molecule has 1 aromatic rings. The van der Waals surface area contributed by atoms with Crippen molar-refractivity contribution in [2.24, 2.45) is 0 Å². The second-order valence-corrected chi connectivity index (χ2v) is 5.77. The maximum atomic E-state index is 13.0. The van der Waals surface area contributed by atoms with Crippen molar-refractivity contribution in [3.8, 4) is 5.75 Å². The average Bonchev–Trinajstić information content (AvgIpc) is 2.24. The Morgan fingerprint density at radius 3 is 2.80 bits per heavy atom. The van der Waals surface area contributed by atoms with Gasteiger partial charge in [-0.15, -0.1) is 0 Å². The van der Waals surface area contributed by atoms with Crippen LogP contribution in [-0.2, 0) is 4.74 Å². The third-order valence-corrected chi connectivity index (χ3v) is 2.89. The number of amides is 1. The highest BCUT2D eigenvalue weighted by Crippen LogP contribution is 2.22. The first kappa shape index (κ1) is 14.6. The van der Waals surface area contributed by atoms with Crippen LogP contribution in [0, 0.1) is 5.82 Å². The molecule has 1 fully saturated rings. The molecule has 0 unspecified atom stereocenters. The first-order chi connectivity index (χ1) is 9.35. The molecule has 2 rings (SSSR count). The molecule has 6 heteroatoms. The van der Waals surface area contributed by atoms with Gasteiger partial charge in [-0.1, -0.05) is 0 Å². The number of hydrogen-bond acceptors (Lipinski definition) is 4. The summed E-state index contributed by atoms with van der Waals surface area (Å²) in [7, 11) is 0. The minimum Gasteiger partial charge on any atom is -0.490 e. The zero-order chi connectivity index (χ0) is 14.8. The first-order valence-electron chi connectivity index (χ1n) is 6.58. The molecule has 20 heavy (non-hydrogen) atoms. The van der Waals surface area contributed by atoms with Crippen molar-refractivity contribution < 1.29 is 18.7 Å². The number of aromatic nitrogens is 1. The minimum atomic E-state index is -0.509. The van der Waals surface area contributed by atoms with Crippen LogP contribution in [0.15, 0.2) is 18.5 Å². The Bertz CT molecular complexity index is 488. The van der Waals surface area contributed by atoms with Crippen LogP contribution < -0.4 is 4.74 Å². The zero-order valence-electron chi connectivity index (χ0n) is 11.9. The van der Waals surface area contributed by atoms with E-state index in [9.17, 15) is 9.18 Å². The minimum absolute atomic E-state index is 0.0342. The maximum absolute atomic E-state index is 13.0. The topological polar surface area (TPSA) is 51.7 Å². The number of ether oxygens (including phenoxy) is 2. The van der Waals surface area contributed by atoms with Crippen molar-refractivity contribution >= 4 is 6.09 Å². The van der Waals surface area contributed by atoms with Crippen LogP contribution in [-0.4, -0.2) is 40.8 Å². The van der Waals surface area contributed by atoms with E-state index in [1.807, 2.05) is 20.8 Å². The molecule has 1 saturated heterocycles. The molecule has 0 N–H and O–H groups in total. The number of carbonyl (C=O) groups excluding carboxylic acids is 1. The van der Waals surface area contributed by atoms with Gasteiger partial charge in [-0.25, -0.2) is 9.18 Å². The highest BCUT2D eigenvalue weighted by molar-refractivity contribution is 5.69. The summed E-state index contributed by atoms with van der Waals surface area (Å²) in [6.07, 6.45) is 3.07. The van der Waals surface area contributed by atoms with E-state index in [0.717, 1.165) is 12.6 Å². The fraction of sp³-hybridized carbons (Fsp3) is 0.571. The van der Waals surface area contributed by atoms with Gasteiger partial charge in [-0.3, -0.25) is 4.98 Å². The average molecular weight is 282 g/mol. The lowest BCUT2D eigenvalue weighted by atomic mass is 10.1. The van der Waals surface area contributed by atoms with E-state index in [4.69, 9.17) is 9.47 Å². The summed E-state index contributed by atoms with van der Waals surface area (Å²) < 4.78 is 23.7. The molecule has 1 aliphatic rings. The van der Waals surface area contributed by atoms with Crippen LogP contribution in [0.4, 0.5) is 9.18 Å². The van der Waals surface area contributed by atoms with Crippen LogP contribution in [0.2, 0.25) is 0 Å². The summed E-state index contributed by atoms with van der Waals surface area (Å²) in [6, 6.07) is 1.23. The van der Waals surface area contributed by atoms with Crippen molar-refractivity contribution in [1.29, 1.82) is 0 Å². The normalized spacial score (nSPS) is 18.4. The largest absolute Gasteiger partial charge is 0.490 e. The van der Waals surface area contributed by atoms with Gasteiger partial charge in [0.15, 0.2) is 0 Å². The van der Waals surface area contributed by atoms with Crippen molar-refractivity contribution in [3.63, 3.8) is 0 Å². The third kappa shape index (κ3) is 3.82. The van der Waals surface area contributed by atoms with Crippen molar-refractivity contribution in [1.82, 2.24) is 9.88 Å². The molecule has 0 radical (unpaired) electrons. The Labute approximate surface area is 117 Å². The summed E-state index contributed by atoms with van der Waals surface area (Å²) in [5, 5.41) is 0. The Kier molecular flexibility index (Phi) is 4.11. The van der Waals surface area contributed by atoms with Gasteiger partial charge in [0.25, 0.3) is 0 Å². The lowest BCUT2D eigenvalue weighted by Gasteiger charge is -2.40. The summed E-state index contributed by atoms with van der Waals surface area (Å²) in [6.45, 7) is 6.45. The molecule has 110 valence electrons. The number of pyridine rings is 1. The van der Waals surface area contributed by atoms with Gasteiger partial charge in [0.05, 0.1) is 18.4 Å². The Morgan fingerprint density at radius 2 is 2.25 bits per heavy atom. The number of carbonyl (C=O) groups is 1. The number of rotatable bonds is 3. The molecule has 0 spiro atoms. The molecule has 2 heterocycles. The zero-order valence-corrected chi connectivity index (χ0v) is 11.9. The van der Waals surface area contributed by atoms with Gasteiger partial charge in [0.1, 0.15) is 23.8 Å². The Balaban J connectivity index is 1.84. The molecule has 5 nitrogen and oxygen atoms in total. The number of likely N-dealkylation sites (tertiary alicyclic amines) is 1.